The van der Waals surface area contributed by atoms with Crippen LogP contribution in [0.3, 0.4) is 0 Å². The fraction of sp³-hybridized carbons (Fsp3) is 0.278. The first kappa shape index (κ1) is 15.1. The van der Waals surface area contributed by atoms with Crippen molar-refractivity contribution in [2.75, 3.05) is 13.1 Å². The van der Waals surface area contributed by atoms with Crippen LogP contribution >= 0.6 is 11.3 Å². The maximum Gasteiger partial charge on any atom is 0.282 e. The smallest absolute Gasteiger partial charge is 0.282 e. The summed E-state index contributed by atoms with van der Waals surface area (Å²) in [5.41, 5.74) is 0.889. The van der Waals surface area contributed by atoms with Gasteiger partial charge in [0, 0.05) is 32.1 Å². The predicted octanol–water partition coefficient (Wildman–Crippen LogP) is 3.37. The Morgan fingerprint density at radius 1 is 1.17 bits per heavy atom. The molecular formula is C18H17N3O2S. The number of thiazole rings is 1. The van der Waals surface area contributed by atoms with Crippen molar-refractivity contribution in [2.45, 2.75) is 18.9 Å². The molecule has 5 nitrogen and oxygen atoms in total. The lowest BCUT2D eigenvalue weighted by atomic mass is 10.1. The minimum Gasteiger partial charge on any atom is -0.489 e. The van der Waals surface area contributed by atoms with Crippen LogP contribution in [0.25, 0.3) is 10.2 Å². The van der Waals surface area contributed by atoms with Gasteiger partial charge in [0.25, 0.3) is 5.91 Å². The Kier molecular flexibility index (Phi) is 4.13. The zero-order valence-electron chi connectivity index (χ0n) is 13.1. The van der Waals surface area contributed by atoms with Crippen LogP contribution in [0.4, 0.5) is 0 Å². The van der Waals surface area contributed by atoms with Crippen LogP contribution in [0.2, 0.25) is 0 Å². The molecule has 3 aromatic rings. The Morgan fingerprint density at radius 3 is 2.75 bits per heavy atom. The van der Waals surface area contributed by atoms with E-state index in [0.29, 0.717) is 18.1 Å². The maximum atomic E-state index is 12.7. The Hall–Kier alpha value is -2.47. The number of hydrogen-bond acceptors (Lipinski definition) is 5. The first-order valence-electron chi connectivity index (χ1n) is 8.01. The Labute approximate surface area is 143 Å². The maximum absolute atomic E-state index is 12.7. The van der Waals surface area contributed by atoms with Gasteiger partial charge in [-0.05, 0) is 24.3 Å². The van der Waals surface area contributed by atoms with Crippen molar-refractivity contribution in [1.29, 1.82) is 0 Å². The number of amides is 1. The highest BCUT2D eigenvalue weighted by molar-refractivity contribution is 7.20. The average Bonchev–Trinajstić information content (AvgIpc) is 3.07. The average molecular weight is 339 g/mol. The quantitative estimate of drug-likeness (QED) is 0.734. The predicted molar refractivity (Wildman–Crippen MR) is 93.4 cm³/mol. The first-order valence-corrected chi connectivity index (χ1v) is 8.83. The summed E-state index contributed by atoms with van der Waals surface area (Å²) in [7, 11) is 0. The molecule has 1 saturated heterocycles. The Morgan fingerprint density at radius 2 is 2.00 bits per heavy atom. The van der Waals surface area contributed by atoms with Gasteiger partial charge in [0.05, 0.1) is 16.4 Å². The molecule has 122 valence electrons. The van der Waals surface area contributed by atoms with Gasteiger partial charge < -0.3 is 9.64 Å². The number of ether oxygens (including phenoxy) is 1. The van der Waals surface area contributed by atoms with E-state index in [2.05, 4.69) is 9.97 Å². The number of fused-ring (bicyclic) bond motifs is 1. The number of aromatic nitrogens is 2. The van der Waals surface area contributed by atoms with Gasteiger partial charge in [0.1, 0.15) is 11.9 Å². The van der Waals surface area contributed by atoms with E-state index in [-0.39, 0.29) is 12.0 Å². The highest BCUT2D eigenvalue weighted by atomic mass is 32.1. The van der Waals surface area contributed by atoms with Gasteiger partial charge in [-0.3, -0.25) is 9.78 Å². The van der Waals surface area contributed by atoms with Crippen LogP contribution in [0.5, 0.6) is 5.75 Å². The molecule has 6 heteroatoms. The highest BCUT2D eigenvalue weighted by Crippen LogP contribution is 2.24. The Bertz CT molecular complexity index is 809. The summed E-state index contributed by atoms with van der Waals surface area (Å²) < 4.78 is 6.98. The van der Waals surface area contributed by atoms with Crippen LogP contribution in [-0.4, -0.2) is 40.0 Å². The van der Waals surface area contributed by atoms with Crippen molar-refractivity contribution in [1.82, 2.24) is 14.9 Å². The molecule has 1 aromatic carbocycles. The molecule has 1 amide bonds. The van der Waals surface area contributed by atoms with E-state index in [1.165, 1.54) is 11.3 Å². The fourth-order valence-electron chi connectivity index (χ4n) is 2.88. The monoisotopic (exact) mass is 339 g/mol. The number of rotatable bonds is 3. The van der Waals surface area contributed by atoms with Crippen LogP contribution in [-0.2, 0) is 0 Å². The van der Waals surface area contributed by atoms with Crippen molar-refractivity contribution in [3.05, 3.63) is 53.8 Å². The SMILES string of the molecule is O=C(c1nc2ccccc2s1)N1CCC(Oc2cccnc2)CC1. The molecule has 0 bridgehead atoms. The van der Waals surface area contributed by atoms with Crippen molar-refractivity contribution in [3.63, 3.8) is 0 Å². The number of carbonyl (C=O) groups excluding carboxylic acids is 1. The number of hydrogen-bond donors (Lipinski definition) is 0. The second-order valence-corrected chi connectivity index (χ2v) is 6.82. The third-order valence-corrected chi connectivity index (χ3v) is 5.17. The lowest BCUT2D eigenvalue weighted by Crippen LogP contribution is -2.41. The van der Waals surface area contributed by atoms with E-state index in [9.17, 15) is 4.79 Å². The molecule has 0 N–H and O–H groups in total. The second kappa shape index (κ2) is 6.57. The molecule has 24 heavy (non-hydrogen) atoms. The summed E-state index contributed by atoms with van der Waals surface area (Å²) in [5, 5.41) is 0.572. The molecule has 1 fully saturated rings. The van der Waals surface area contributed by atoms with Crippen molar-refractivity contribution in [2.24, 2.45) is 0 Å². The zero-order chi connectivity index (χ0) is 16.4. The summed E-state index contributed by atoms with van der Waals surface area (Å²) in [6.45, 7) is 1.39. The number of carbonyl (C=O) groups is 1. The van der Waals surface area contributed by atoms with Gasteiger partial charge in [0.15, 0.2) is 5.01 Å². The van der Waals surface area contributed by atoms with Gasteiger partial charge in [-0.1, -0.05) is 12.1 Å². The van der Waals surface area contributed by atoms with E-state index >= 15 is 0 Å². The van der Waals surface area contributed by atoms with E-state index in [1.54, 1.807) is 12.4 Å². The molecule has 1 aliphatic rings. The van der Waals surface area contributed by atoms with Gasteiger partial charge >= 0.3 is 0 Å². The van der Waals surface area contributed by atoms with Gasteiger partial charge in [-0.2, -0.15) is 0 Å². The fourth-order valence-corrected chi connectivity index (χ4v) is 3.82. The minimum absolute atomic E-state index is 0.0241. The van der Waals surface area contributed by atoms with Gasteiger partial charge in [0.2, 0.25) is 0 Å². The molecule has 1 aliphatic heterocycles. The summed E-state index contributed by atoms with van der Waals surface area (Å²) in [6.07, 6.45) is 5.23. The van der Waals surface area contributed by atoms with E-state index in [0.717, 1.165) is 28.8 Å². The lowest BCUT2D eigenvalue weighted by Gasteiger charge is -2.31. The lowest BCUT2D eigenvalue weighted by molar-refractivity contribution is 0.0595. The molecule has 0 aliphatic carbocycles. The van der Waals surface area contributed by atoms with Gasteiger partial charge in [-0.15, -0.1) is 11.3 Å². The zero-order valence-corrected chi connectivity index (χ0v) is 13.9. The van der Waals surface area contributed by atoms with Crippen molar-refractivity contribution in [3.8, 4) is 5.75 Å². The molecule has 4 rings (SSSR count). The van der Waals surface area contributed by atoms with Gasteiger partial charge in [-0.25, -0.2) is 4.98 Å². The number of benzene rings is 1. The van der Waals surface area contributed by atoms with Crippen LogP contribution in [0, 0.1) is 0 Å². The standard InChI is InChI=1S/C18H17N3O2S/c22-18(17-20-15-5-1-2-6-16(15)24-17)21-10-7-13(8-11-21)23-14-4-3-9-19-12-14/h1-6,9,12-13H,7-8,10-11H2. The van der Waals surface area contributed by atoms with Crippen LogP contribution in [0.1, 0.15) is 22.6 Å². The summed E-state index contributed by atoms with van der Waals surface area (Å²) >= 11 is 1.46. The molecule has 0 atom stereocenters. The summed E-state index contributed by atoms with van der Waals surface area (Å²) in [6, 6.07) is 11.6. The van der Waals surface area contributed by atoms with Crippen molar-refractivity contribution >= 4 is 27.5 Å². The highest BCUT2D eigenvalue weighted by Gasteiger charge is 2.26. The summed E-state index contributed by atoms with van der Waals surface area (Å²) in [4.78, 5) is 23.1. The van der Waals surface area contributed by atoms with E-state index < -0.39 is 0 Å². The van der Waals surface area contributed by atoms with E-state index in [1.807, 2.05) is 41.3 Å². The van der Waals surface area contributed by atoms with E-state index in [4.69, 9.17) is 4.74 Å². The largest absolute Gasteiger partial charge is 0.489 e. The molecule has 0 radical (unpaired) electrons. The first-order chi connectivity index (χ1) is 11.8. The molecule has 0 unspecified atom stereocenters. The third kappa shape index (κ3) is 3.10. The summed E-state index contributed by atoms with van der Waals surface area (Å²) in [5.74, 6) is 0.810. The number of likely N-dealkylation sites (tertiary alicyclic amines) is 1. The number of para-hydroxylation sites is 1. The molecule has 3 heterocycles. The van der Waals surface area contributed by atoms with Crippen LogP contribution < -0.4 is 4.74 Å². The molecule has 2 aromatic heterocycles. The molecular weight excluding hydrogens is 322 g/mol. The second-order valence-electron chi connectivity index (χ2n) is 5.78. The normalized spacial score (nSPS) is 15.6. The molecule has 0 saturated carbocycles. The van der Waals surface area contributed by atoms with Crippen LogP contribution in [0.15, 0.2) is 48.8 Å². The number of piperidine rings is 1. The number of pyridine rings is 1. The minimum atomic E-state index is 0.0241. The van der Waals surface area contributed by atoms with Crippen molar-refractivity contribution < 1.29 is 9.53 Å². The number of nitrogens with zero attached hydrogens (tertiary/aromatic N) is 3. The molecule has 0 spiro atoms. The topological polar surface area (TPSA) is 55.3 Å². The third-order valence-electron chi connectivity index (χ3n) is 4.14. The Balaban J connectivity index is 1.39.